The molecule has 118 valence electrons. The van der Waals surface area contributed by atoms with Crippen LogP contribution < -0.4 is 11.0 Å². The van der Waals surface area contributed by atoms with E-state index < -0.39 is 0 Å². The Morgan fingerprint density at radius 2 is 2.04 bits per heavy atom. The molecule has 4 rings (SSSR count). The molecule has 1 aliphatic rings. The first-order chi connectivity index (χ1) is 11.2. The number of nitrogens with zero attached hydrogens (tertiary/aromatic N) is 1. The third kappa shape index (κ3) is 2.68. The van der Waals surface area contributed by atoms with E-state index in [1.165, 1.54) is 29.7 Å². The summed E-state index contributed by atoms with van der Waals surface area (Å²) in [6, 6.07) is 10.1. The molecule has 1 aliphatic carbocycles. The minimum Gasteiger partial charge on any atom is -0.312 e. The number of aromatic nitrogens is 3. The Bertz CT molecular complexity index is 905. The number of hydrogen-bond donors (Lipinski definition) is 3. The lowest BCUT2D eigenvalue weighted by Gasteiger charge is -2.17. The number of hydrogen-bond acceptors (Lipinski definition) is 3. The number of pyridine rings is 1. The van der Waals surface area contributed by atoms with E-state index in [2.05, 4.69) is 33.3 Å². The highest BCUT2D eigenvalue weighted by Crippen LogP contribution is 2.47. The molecule has 0 atom stereocenters. The van der Waals surface area contributed by atoms with Crippen molar-refractivity contribution in [2.24, 2.45) is 0 Å². The van der Waals surface area contributed by atoms with Crippen LogP contribution in [0.1, 0.15) is 29.7 Å². The van der Waals surface area contributed by atoms with E-state index in [1.807, 2.05) is 30.5 Å². The molecule has 3 N–H and O–H groups in total. The summed E-state index contributed by atoms with van der Waals surface area (Å²) in [5, 5.41) is 3.56. The summed E-state index contributed by atoms with van der Waals surface area (Å²) in [6.07, 6.45) is 4.28. The highest BCUT2D eigenvalue weighted by Gasteiger charge is 2.45. The van der Waals surface area contributed by atoms with E-state index in [4.69, 9.17) is 0 Å². The van der Waals surface area contributed by atoms with Crippen molar-refractivity contribution < 1.29 is 0 Å². The van der Waals surface area contributed by atoms with Crippen molar-refractivity contribution >= 4 is 11.0 Å². The van der Waals surface area contributed by atoms with E-state index in [0.29, 0.717) is 0 Å². The van der Waals surface area contributed by atoms with Crippen LogP contribution in [0, 0.1) is 6.92 Å². The van der Waals surface area contributed by atoms with Crippen molar-refractivity contribution in [3.8, 4) is 0 Å². The van der Waals surface area contributed by atoms with Crippen LogP contribution in [0.5, 0.6) is 0 Å². The fourth-order valence-corrected chi connectivity index (χ4v) is 3.32. The van der Waals surface area contributed by atoms with Gasteiger partial charge in [0, 0.05) is 24.7 Å². The predicted octanol–water partition coefficient (Wildman–Crippen LogP) is 2.38. The highest BCUT2D eigenvalue weighted by atomic mass is 16.1. The van der Waals surface area contributed by atoms with Gasteiger partial charge in [-0.05, 0) is 49.1 Å². The van der Waals surface area contributed by atoms with Crippen LogP contribution in [0.15, 0.2) is 41.3 Å². The number of imidazole rings is 1. The quantitative estimate of drug-likeness (QED) is 0.677. The number of H-pyrrole nitrogens is 2. The van der Waals surface area contributed by atoms with Crippen molar-refractivity contribution in [3.05, 3.63) is 63.8 Å². The van der Waals surface area contributed by atoms with Crippen LogP contribution in [-0.4, -0.2) is 21.5 Å². The zero-order valence-corrected chi connectivity index (χ0v) is 13.1. The van der Waals surface area contributed by atoms with Crippen molar-refractivity contribution in [2.75, 3.05) is 6.54 Å². The van der Waals surface area contributed by atoms with E-state index in [-0.39, 0.29) is 11.1 Å². The molecule has 0 bridgehead atoms. The summed E-state index contributed by atoms with van der Waals surface area (Å²) in [5.74, 6) is 0. The van der Waals surface area contributed by atoms with Crippen molar-refractivity contribution in [2.45, 2.75) is 31.7 Å². The first-order valence-corrected chi connectivity index (χ1v) is 8.00. The molecule has 2 heterocycles. The first-order valence-electron chi connectivity index (χ1n) is 8.00. The Hall–Kier alpha value is -2.40. The average Bonchev–Trinajstić information content (AvgIpc) is 3.22. The van der Waals surface area contributed by atoms with Gasteiger partial charge in [-0.1, -0.05) is 12.1 Å². The lowest BCUT2D eigenvalue weighted by molar-refractivity contribution is 0.560. The summed E-state index contributed by atoms with van der Waals surface area (Å²) >= 11 is 0. The van der Waals surface area contributed by atoms with Gasteiger partial charge >= 0.3 is 5.69 Å². The Morgan fingerprint density at radius 3 is 2.83 bits per heavy atom. The summed E-state index contributed by atoms with van der Waals surface area (Å²) < 4.78 is 0. The molecule has 0 amide bonds. The van der Waals surface area contributed by atoms with Crippen LogP contribution in [0.25, 0.3) is 11.0 Å². The maximum atomic E-state index is 11.3. The number of aromatic amines is 2. The molecule has 5 nitrogen and oxygen atoms in total. The molecular weight excluding hydrogens is 288 g/mol. The lowest BCUT2D eigenvalue weighted by atomic mass is 9.97. The number of benzene rings is 1. The molecule has 0 radical (unpaired) electrons. The molecule has 0 unspecified atom stereocenters. The zero-order chi connectivity index (χ0) is 15.9. The Labute approximate surface area is 134 Å². The van der Waals surface area contributed by atoms with Gasteiger partial charge < -0.3 is 15.3 Å². The average molecular weight is 308 g/mol. The highest BCUT2D eigenvalue weighted by molar-refractivity contribution is 5.74. The molecule has 3 aromatic rings. The van der Waals surface area contributed by atoms with E-state index in [9.17, 15) is 4.79 Å². The second kappa shape index (κ2) is 5.35. The van der Waals surface area contributed by atoms with Gasteiger partial charge in [0.25, 0.3) is 0 Å². The second-order valence-electron chi connectivity index (χ2n) is 6.51. The largest absolute Gasteiger partial charge is 0.323 e. The number of rotatable bonds is 5. The SMILES string of the molecule is Cc1cccnc1C1(CNCc2ccc3[nH]c(=O)[nH]c3c2)CC1. The molecule has 0 aliphatic heterocycles. The molecule has 1 saturated carbocycles. The van der Waals surface area contributed by atoms with Gasteiger partial charge in [-0.25, -0.2) is 4.79 Å². The van der Waals surface area contributed by atoms with E-state index >= 15 is 0 Å². The van der Waals surface area contributed by atoms with Gasteiger partial charge in [0.05, 0.1) is 16.7 Å². The van der Waals surface area contributed by atoms with Crippen LogP contribution in [0.2, 0.25) is 0 Å². The molecule has 0 saturated heterocycles. The monoisotopic (exact) mass is 308 g/mol. The summed E-state index contributed by atoms with van der Waals surface area (Å²) in [5.41, 5.74) is 5.43. The molecule has 0 spiro atoms. The minimum atomic E-state index is -0.160. The molecular formula is C18H20N4O. The summed E-state index contributed by atoms with van der Waals surface area (Å²) in [4.78, 5) is 21.5. The van der Waals surface area contributed by atoms with Crippen LogP contribution in [0.4, 0.5) is 0 Å². The fourth-order valence-electron chi connectivity index (χ4n) is 3.32. The molecule has 1 fully saturated rings. The normalized spacial score (nSPS) is 15.9. The minimum absolute atomic E-state index is 0.160. The van der Waals surface area contributed by atoms with Crippen molar-refractivity contribution in [1.82, 2.24) is 20.3 Å². The van der Waals surface area contributed by atoms with Gasteiger partial charge in [0.15, 0.2) is 0 Å². The van der Waals surface area contributed by atoms with Crippen molar-refractivity contribution in [1.29, 1.82) is 0 Å². The van der Waals surface area contributed by atoms with Gasteiger partial charge in [0.2, 0.25) is 0 Å². The fraction of sp³-hybridized carbons (Fsp3) is 0.333. The maximum Gasteiger partial charge on any atom is 0.323 e. The molecule has 23 heavy (non-hydrogen) atoms. The second-order valence-corrected chi connectivity index (χ2v) is 6.51. The maximum absolute atomic E-state index is 11.3. The lowest BCUT2D eigenvalue weighted by Crippen LogP contribution is -2.28. The Balaban J connectivity index is 1.45. The summed E-state index contributed by atoms with van der Waals surface area (Å²) in [7, 11) is 0. The van der Waals surface area contributed by atoms with E-state index in [1.54, 1.807) is 0 Å². The van der Waals surface area contributed by atoms with Gasteiger partial charge in [-0.2, -0.15) is 0 Å². The standard InChI is InChI=1S/C18H20N4O/c1-12-3-2-8-20-16(12)18(6-7-18)11-19-10-13-4-5-14-15(9-13)22-17(23)21-14/h2-5,8-9,19H,6-7,10-11H2,1H3,(H2,21,22,23). The third-order valence-electron chi connectivity index (χ3n) is 4.74. The van der Waals surface area contributed by atoms with Gasteiger partial charge in [-0.3, -0.25) is 4.98 Å². The van der Waals surface area contributed by atoms with Crippen LogP contribution in [-0.2, 0) is 12.0 Å². The van der Waals surface area contributed by atoms with Crippen molar-refractivity contribution in [3.63, 3.8) is 0 Å². The molecule has 1 aromatic carbocycles. The molecule has 5 heteroatoms. The number of fused-ring (bicyclic) bond motifs is 1. The van der Waals surface area contributed by atoms with Gasteiger partial charge in [-0.15, -0.1) is 0 Å². The van der Waals surface area contributed by atoms with Crippen LogP contribution in [0.3, 0.4) is 0 Å². The number of aryl methyl sites for hydroxylation is 1. The van der Waals surface area contributed by atoms with E-state index in [0.717, 1.165) is 24.1 Å². The summed E-state index contributed by atoms with van der Waals surface area (Å²) in [6.45, 7) is 3.86. The number of nitrogens with one attached hydrogen (secondary N) is 3. The first kappa shape index (κ1) is 14.2. The topological polar surface area (TPSA) is 73.6 Å². The Morgan fingerprint density at radius 1 is 1.22 bits per heavy atom. The third-order valence-corrected chi connectivity index (χ3v) is 4.74. The van der Waals surface area contributed by atoms with Gasteiger partial charge in [0.1, 0.15) is 0 Å². The van der Waals surface area contributed by atoms with Crippen LogP contribution >= 0.6 is 0 Å². The Kier molecular flexibility index (Phi) is 3.31. The zero-order valence-electron chi connectivity index (χ0n) is 13.1. The molecule has 2 aromatic heterocycles. The smallest absolute Gasteiger partial charge is 0.312 e. The predicted molar refractivity (Wildman–Crippen MR) is 90.5 cm³/mol.